The van der Waals surface area contributed by atoms with Gasteiger partial charge in [-0.2, -0.15) is 5.10 Å². The second-order valence-corrected chi connectivity index (χ2v) is 9.45. The third-order valence-corrected chi connectivity index (χ3v) is 6.44. The van der Waals surface area contributed by atoms with Crippen LogP contribution in [0.4, 0.5) is 5.69 Å². The first-order valence-corrected chi connectivity index (χ1v) is 12.2. The van der Waals surface area contributed by atoms with E-state index in [0.717, 1.165) is 15.7 Å². The van der Waals surface area contributed by atoms with Gasteiger partial charge in [0, 0.05) is 24.3 Å². The number of hydrogen-bond donors (Lipinski definition) is 1. The highest BCUT2D eigenvalue weighted by atomic mass is 79.9. The van der Waals surface area contributed by atoms with Crippen LogP contribution in [0.3, 0.4) is 0 Å². The first-order valence-electron chi connectivity index (χ1n) is 10.4. The number of thioether (sulfide) groups is 1. The van der Waals surface area contributed by atoms with Gasteiger partial charge in [-0.05, 0) is 54.1 Å². The lowest BCUT2D eigenvalue weighted by molar-refractivity contribution is -0.118. The van der Waals surface area contributed by atoms with Gasteiger partial charge in [0.05, 0.1) is 28.6 Å². The summed E-state index contributed by atoms with van der Waals surface area (Å²) in [6.45, 7) is 0. The van der Waals surface area contributed by atoms with E-state index < -0.39 is 0 Å². The summed E-state index contributed by atoms with van der Waals surface area (Å²) in [4.78, 5) is 32.3. The molecular weight excluding hydrogens is 514 g/mol. The molecule has 0 bridgehead atoms. The van der Waals surface area contributed by atoms with Crippen LogP contribution < -0.4 is 15.9 Å². The minimum Gasteiger partial charge on any atom is -0.378 e. The fraction of sp³-hybridized carbons (Fsp3) is 0.120. The van der Waals surface area contributed by atoms with Crippen LogP contribution in [-0.2, 0) is 4.79 Å². The zero-order valence-corrected chi connectivity index (χ0v) is 21.0. The summed E-state index contributed by atoms with van der Waals surface area (Å²) in [5.74, 6) is -0.242. The van der Waals surface area contributed by atoms with Gasteiger partial charge in [-0.15, -0.1) is 0 Å². The van der Waals surface area contributed by atoms with Crippen LogP contribution in [0.2, 0.25) is 0 Å². The summed E-state index contributed by atoms with van der Waals surface area (Å²) in [6.07, 6.45) is 1.59. The number of hydrogen-bond acceptors (Lipinski definition) is 6. The Labute approximate surface area is 209 Å². The van der Waals surface area contributed by atoms with Crippen LogP contribution in [0, 0.1) is 0 Å². The van der Waals surface area contributed by atoms with Crippen LogP contribution >= 0.6 is 27.7 Å². The number of nitrogens with zero attached hydrogens (tertiary/aromatic N) is 4. The van der Waals surface area contributed by atoms with Crippen LogP contribution in [0.1, 0.15) is 5.56 Å². The number of carbonyl (C=O) groups is 1. The van der Waals surface area contributed by atoms with Crippen LogP contribution in [0.25, 0.3) is 16.6 Å². The van der Waals surface area contributed by atoms with Gasteiger partial charge in [-0.25, -0.2) is 10.4 Å². The zero-order valence-electron chi connectivity index (χ0n) is 18.6. The maximum Gasteiger partial charge on any atom is 0.266 e. The van der Waals surface area contributed by atoms with Gasteiger partial charge in [0.15, 0.2) is 5.16 Å². The monoisotopic (exact) mass is 535 g/mol. The van der Waals surface area contributed by atoms with Crippen molar-refractivity contribution in [1.29, 1.82) is 0 Å². The van der Waals surface area contributed by atoms with E-state index in [-0.39, 0.29) is 17.2 Å². The summed E-state index contributed by atoms with van der Waals surface area (Å²) in [5, 5.41) is 4.99. The van der Waals surface area contributed by atoms with Gasteiger partial charge in [0.2, 0.25) is 0 Å². The molecule has 4 aromatic rings. The van der Waals surface area contributed by atoms with Crippen molar-refractivity contribution < 1.29 is 4.79 Å². The van der Waals surface area contributed by atoms with Crippen molar-refractivity contribution in [3.63, 3.8) is 0 Å². The minimum atomic E-state index is -0.295. The first kappa shape index (κ1) is 23.7. The van der Waals surface area contributed by atoms with Gasteiger partial charge in [0.1, 0.15) is 0 Å². The highest BCUT2D eigenvalue weighted by Gasteiger charge is 2.14. The molecule has 0 aliphatic carbocycles. The molecule has 4 rings (SSSR count). The van der Waals surface area contributed by atoms with Crippen molar-refractivity contribution in [1.82, 2.24) is 15.0 Å². The van der Waals surface area contributed by atoms with E-state index in [1.54, 1.807) is 18.3 Å². The van der Waals surface area contributed by atoms with E-state index in [9.17, 15) is 9.59 Å². The molecule has 3 aromatic carbocycles. The normalized spacial score (nSPS) is 11.1. The lowest BCUT2D eigenvalue weighted by atomic mass is 10.2. The molecule has 0 aliphatic heterocycles. The quantitative estimate of drug-likeness (QED) is 0.163. The fourth-order valence-electron chi connectivity index (χ4n) is 3.23. The summed E-state index contributed by atoms with van der Waals surface area (Å²) in [5.41, 5.74) is 5.57. The Morgan fingerprint density at radius 3 is 2.50 bits per heavy atom. The fourth-order valence-corrected chi connectivity index (χ4v) is 4.30. The second-order valence-electron chi connectivity index (χ2n) is 7.60. The molecule has 0 saturated heterocycles. The first-order chi connectivity index (χ1) is 16.4. The smallest absolute Gasteiger partial charge is 0.266 e. The molecule has 1 N–H and O–H groups in total. The Hall–Kier alpha value is -3.43. The third-order valence-electron chi connectivity index (χ3n) is 4.97. The molecule has 0 atom stereocenters. The minimum absolute atomic E-state index is 0.0538. The Kier molecular flexibility index (Phi) is 7.44. The van der Waals surface area contributed by atoms with Crippen molar-refractivity contribution in [3.05, 3.63) is 93.2 Å². The summed E-state index contributed by atoms with van der Waals surface area (Å²) in [7, 11) is 3.95. The molecule has 0 radical (unpaired) electrons. The standard InChI is InChI=1S/C25H22BrN5O2S/c1-30(2)19-11-7-17(8-12-19)15-27-29-23(32)16-34-25-28-22-6-4-3-5-21(22)24(33)31(25)20-13-9-18(26)10-14-20/h3-15H,16H2,1-2H3,(H,29,32). The molecule has 1 amide bonds. The highest BCUT2D eigenvalue weighted by molar-refractivity contribution is 9.10. The summed E-state index contributed by atoms with van der Waals surface area (Å²) < 4.78 is 2.43. The second kappa shape index (κ2) is 10.7. The number of rotatable bonds is 7. The molecule has 0 fully saturated rings. The van der Waals surface area contributed by atoms with Gasteiger partial charge in [-0.1, -0.05) is 52.0 Å². The van der Waals surface area contributed by atoms with Crippen LogP contribution in [0.15, 0.2) is 92.3 Å². The van der Waals surface area contributed by atoms with Crippen molar-refractivity contribution >= 4 is 56.4 Å². The van der Waals surface area contributed by atoms with Crippen molar-refractivity contribution in [3.8, 4) is 5.69 Å². The predicted octanol–water partition coefficient (Wildman–Crippen LogP) is 4.46. The molecule has 0 unspecified atom stereocenters. The average Bonchev–Trinajstić information content (AvgIpc) is 2.84. The lowest BCUT2D eigenvalue weighted by Gasteiger charge is -2.13. The molecule has 172 valence electrons. The Balaban J connectivity index is 1.51. The van der Waals surface area contributed by atoms with Gasteiger partial charge in [0.25, 0.3) is 11.5 Å². The molecule has 0 saturated carbocycles. The Bertz CT molecular complexity index is 1400. The van der Waals surface area contributed by atoms with E-state index >= 15 is 0 Å². The van der Waals surface area contributed by atoms with Crippen molar-refractivity contribution in [2.45, 2.75) is 5.16 Å². The van der Waals surface area contributed by atoms with E-state index in [1.165, 1.54) is 16.3 Å². The number of fused-ring (bicyclic) bond motifs is 1. The highest BCUT2D eigenvalue weighted by Crippen LogP contribution is 2.22. The van der Waals surface area contributed by atoms with E-state index in [4.69, 9.17) is 0 Å². The molecule has 34 heavy (non-hydrogen) atoms. The Morgan fingerprint density at radius 2 is 1.79 bits per heavy atom. The molecular formula is C25H22BrN5O2S. The number of halogens is 1. The number of nitrogens with one attached hydrogen (secondary N) is 1. The number of aromatic nitrogens is 2. The number of para-hydroxylation sites is 1. The maximum atomic E-state index is 13.2. The molecule has 0 aliphatic rings. The van der Waals surface area contributed by atoms with Crippen molar-refractivity contribution in [2.24, 2.45) is 5.10 Å². The number of anilines is 1. The van der Waals surface area contributed by atoms with Gasteiger partial charge in [-0.3, -0.25) is 14.2 Å². The van der Waals surface area contributed by atoms with E-state index in [0.29, 0.717) is 21.7 Å². The topological polar surface area (TPSA) is 79.6 Å². The van der Waals surface area contributed by atoms with E-state index in [2.05, 4.69) is 31.4 Å². The lowest BCUT2D eigenvalue weighted by Crippen LogP contribution is -2.24. The molecule has 1 heterocycles. The molecule has 9 heteroatoms. The summed E-state index contributed by atoms with van der Waals surface area (Å²) in [6, 6.07) is 22.4. The Morgan fingerprint density at radius 1 is 1.09 bits per heavy atom. The summed E-state index contributed by atoms with van der Waals surface area (Å²) >= 11 is 4.60. The largest absolute Gasteiger partial charge is 0.378 e. The number of carbonyl (C=O) groups excluding carboxylic acids is 1. The zero-order chi connectivity index (χ0) is 24.1. The van der Waals surface area contributed by atoms with Gasteiger partial charge < -0.3 is 4.90 Å². The van der Waals surface area contributed by atoms with Crippen molar-refractivity contribution in [2.75, 3.05) is 24.7 Å². The molecule has 7 nitrogen and oxygen atoms in total. The van der Waals surface area contributed by atoms with Gasteiger partial charge >= 0.3 is 0 Å². The van der Waals surface area contributed by atoms with Crippen LogP contribution in [-0.4, -0.2) is 41.5 Å². The SMILES string of the molecule is CN(C)c1ccc(C=NNC(=O)CSc2nc3ccccc3c(=O)n2-c2ccc(Br)cc2)cc1. The predicted molar refractivity (Wildman–Crippen MR) is 142 cm³/mol. The van der Waals surface area contributed by atoms with E-state index in [1.807, 2.05) is 79.7 Å². The molecule has 1 aromatic heterocycles. The average molecular weight is 536 g/mol. The van der Waals surface area contributed by atoms with Crippen LogP contribution in [0.5, 0.6) is 0 Å². The number of amides is 1. The number of benzene rings is 3. The molecule has 0 spiro atoms. The third kappa shape index (κ3) is 5.55. The number of hydrazone groups is 1. The maximum absolute atomic E-state index is 13.2.